The first-order valence-electron chi connectivity index (χ1n) is 11.2. The molecule has 32 heavy (non-hydrogen) atoms. The van der Waals surface area contributed by atoms with Gasteiger partial charge in [-0.05, 0) is 69.1 Å². The molecule has 1 fully saturated rings. The number of likely N-dealkylation sites (tertiary alicyclic amines) is 1. The lowest BCUT2D eigenvalue weighted by Gasteiger charge is -2.33. The number of nitrogens with one attached hydrogen (secondary N) is 1. The molecule has 1 amide bonds. The Morgan fingerprint density at radius 1 is 1.12 bits per heavy atom. The van der Waals surface area contributed by atoms with Gasteiger partial charge in [0, 0.05) is 29.7 Å². The third-order valence-electron chi connectivity index (χ3n) is 6.01. The zero-order valence-corrected chi connectivity index (χ0v) is 19.7. The van der Waals surface area contributed by atoms with Crippen molar-refractivity contribution in [1.29, 1.82) is 0 Å². The number of benzene rings is 2. The molecule has 1 aliphatic rings. The highest BCUT2D eigenvalue weighted by molar-refractivity contribution is 6.33. The summed E-state index contributed by atoms with van der Waals surface area (Å²) in [5.74, 6) is -0.155. The first kappa shape index (κ1) is 22.8. The molecular formula is C25H28Cl2N4O. The monoisotopic (exact) mass is 470 g/mol. The van der Waals surface area contributed by atoms with Gasteiger partial charge in [0.25, 0.3) is 5.91 Å². The minimum Gasteiger partial charge on any atom is -0.351 e. The number of piperidine rings is 1. The molecule has 1 aromatic heterocycles. The van der Waals surface area contributed by atoms with Crippen molar-refractivity contribution in [3.05, 3.63) is 70.3 Å². The van der Waals surface area contributed by atoms with E-state index in [1.54, 1.807) is 22.9 Å². The summed E-state index contributed by atoms with van der Waals surface area (Å²) in [5, 5.41) is 8.99. The Bertz CT molecular complexity index is 1060. The van der Waals surface area contributed by atoms with Gasteiger partial charge in [-0.25, -0.2) is 4.68 Å². The molecule has 0 radical (unpaired) electrons. The molecule has 0 bridgehead atoms. The molecule has 1 unspecified atom stereocenters. The predicted molar refractivity (Wildman–Crippen MR) is 131 cm³/mol. The lowest BCUT2D eigenvalue weighted by molar-refractivity contribution is 0.0941. The summed E-state index contributed by atoms with van der Waals surface area (Å²) in [6.45, 7) is 5.07. The van der Waals surface area contributed by atoms with E-state index in [1.165, 1.54) is 19.3 Å². The summed E-state index contributed by atoms with van der Waals surface area (Å²) in [4.78, 5) is 15.6. The predicted octanol–water partition coefficient (Wildman–Crippen LogP) is 5.84. The summed E-state index contributed by atoms with van der Waals surface area (Å²) in [5.41, 5.74) is 2.67. The summed E-state index contributed by atoms with van der Waals surface area (Å²) >= 11 is 12.4. The second-order valence-corrected chi connectivity index (χ2v) is 9.12. The molecule has 2 aromatic carbocycles. The second kappa shape index (κ2) is 10.5. The fraction of sp³-hybridized carbons (Fsp3) is 0.360. The Hall–Kier alpha value is -2.34. The molecule has 2 heterocycles. The van der Waals surface area contributed by atoms with Crippen molar-refractivity contribution in [1.82, 2.24) is 20.0 Å². The Balaban J connectivity index is 1.51. The van der Waals surface area contributed by atoms with Crippen LogP contribution in [0.25, 0.3) is 16.9 Å². The van der Waals surface area contributed by atoms with Crippen LogP contribution in [0.3, 0.4) is 0 Å². The number of carbonyl (C=O) groups excluding carboxylic acids is 1. The van der Waals surface area contributed by atoms with Gasteiger partial charge in [0.1, 0.15) is 5.69 Å². The smallest absolute Gasteiger partial charge is 0.270 e. The molecule has 0 aliphatic carbocycles. The third kappa shape index (κ3) is 5.34. The molecule has 7 heteroatoms. The van der Waals surface area contributed by atoms with Crippen molar-refractivity contribution in [2.75, 3.05) is 19.6 Å². The van der Waals surface area contributed by atoms with E-state index in [1.807, 2.05) is 36.4 Å². The molecule has 3 aromatic rings. The van der Waals surface area contributed by atoms with Crippen molar-refractivity contribution in [2.24, 2.45) is 0 Å². The first-order chi connectivity index (χ1) is 15.5. The maximum Gasteiger partial charge on any atom is 0.270 e. The minimum absolute atomic E-state index is 0.155. The van der Waals surface area contributed by atoms with Crippen LogP contribution in [-0.2, 0) is 0 Å². The highest BCUT2D eigenvalue weighted by atomic mass is 35.5. The first-order valence-corrected chi connectivity index (χ1v) is 11.9. The molecule has 1 aliphatic heterocycles. The molecule has 5 nitrogen and oxygen atoms in total. The van der Waals surface area contributed by atoms with Gasteiger partial charge in [-0.3, -0.25) is 4.79 Å². The van der Waals surface area contributed by atoms with Crippen LogP contribution in [0.15, 0.2) is 54.6 Å². The number of amides is 1. The lowest BCUT2D eigenvalue weighted by atomic mass is 10.0. The van der Waals surface area contributed by atoms with E-state index in [-0.39, 0.29) is 5.91 Å². The summed E-state index contributed by atoms with van der Waals surface area (Å²) in [7, 11) is 0. The van der Waals surface area contributed by atoms with Crippen molar-refractivity contribution in [3.8, 4) is 16.9 Å². The van der Waals surface area contributed by atoms with E-state index in [0.717, 1.165) is 30.8 Å². The highest BCUT2D eigenvalue weighted by Crippen LogP contribution is 2.28. The molecule has 1 atom stereocenters. The van der Waals surface area contributed by atoms with E-state index in [0.29, 0.717) is 34.0 Å². The SMILES string of the molecule is CC1CCCCN1CCCNC(=O)c1cc(-c2ccccc2Cl)nn1-c1ccc(Cl)cc1. The van der Waals surface area contributed by atoms with Crippen molar-refractivity contribution < 1.29 is 4.79 Å². The Morgan fingerprint density at radius 3 is 2.66 bits per heavy atom. The van der Waals surface area contributed by atoms with Crippen LogP contribution in [-0.4, -0.2) is 46.3 Å². The third-order valence-corrected chi connectivity index (χ3v) is 6.59. The van der Waals surface area contributed by atoms with Crippen LogP contribution in [0, 0.1) is 0 Å². The van der Waals surface area contributed by atoms with Gasteiger partial charge in [0.05, 0.1) is 16.4 Å². The summed E-state index contributed by atoms with van der Waals surface area (Å²) in [6.07, 6.45) is 4.76. The molecule has 1 saturated heterocycles. The van der Waals surface area contributed by atoms with Gasteiger partial charge in [-0.2, -0.15) is 5.10 Å². The second-order valence-electron chi connectivity index (χ2n) is 8.27. The highest BCUT2D eigenvalue weighted by Gasteiger charge is 2.20. The molecular weight excluding hydrogens is 443 g/mol. The average molecular weight is 471 g/mol. The Kier molecular flexibility index (Phi) is 7.51. The minimum atomic E-state index is -0.155. The van der Waals surface area contributed by atoms with Crippen LogP contribution >= 0.6 is 23.2 Å². The van der Waals surface area contributed by atoms with E-state index in [9.17, 15) is 4.79 Å². The van der Waals surface area contributed by atoms with E-state index >= 15 is 0 Å². The lowest BCUT2D eigenvalue weighted by Crippen LogP contribution is -2.39. The Morgan fingerprint density at radius 2 is 1.91 bits per heavy atom. The molecule has 0 spiro atoms. The number of hydrogen-bond donors (Lipinski definition) is 1. The van der Waals surface area contributed by atoms with Crippen LogP contribution in [0.5, 0.6) is 0 Å². The van der Waals surface area contributed by atoms with Crippen LogP contribution in [0.1, 0.15) is 43.1 Å². The molecule has 4 rings (SSSR count). The zero-order valence-electron chi connectivity index (χ0n) is 18.2. The normalized spacial score (nSPS) is 16.8. The van der Waals surface area contributed by atoms with Gasteiger partial charge in [0.15, 0.2) is 0 Å². The van der Waals surface area contributed by atoms with E-state index < -0.39 is 0 Å². The largest absolute Gasteiger partial charge is 0.351 e. The standard InChI is InChI=1S/C25H28Cl2N4O/c1-18-7-4-5-15-30(18)16-6-14-28-25(32)24-17-23(21-8-2-3-9-22(21)27)29-31(24)20-12-10-19(26)11-13-20/h2-3,8-13,17-18H,4-7,14-16H2,1H3,(H,28,32). The number of halogens is 2. The molecule has 1 N–H and O–H groups in total. The van der Waals surface area contributed by atoms with Crippen molar-refractivity contribution in [3.63, 3.8) is 0 Å². The van der Waals surface area contributed by atoms with Crippen LogP contribution in [0.4, 0.5) is 0 Å². The molecule has 168 valence electrons. The summed E-state index contributed by atoms with van der Waals surface area (Å²) < 4.78 is 1.65. The molecule has 0 saturated carbocycles. The van der Waals surface area contributed by atoms with Gasteiger partial charge in [-0.1, -0.05) is 47.8 Å². The van der Waals surface area contributed by atoms with Gasteiger partial charge in [-0.15, -0.1) is 0 Å². The van der Waals surface area contributed by atoms with Crippen LogP contribution < -0.4 is 5.32 Å². The van der Waals surface area contributed by atoms with Gasteiger partial charge in [0.2, 0.25) is 0 Å². The Labute approximate surface area is 199 Å². The summed E-state index contributed by atoms with van der Waals surface area (Å²) in [6, 6.07) is 17.2. The number of rotatable bonds is 7. The van der Waals surface area contributed by atoms with Crippen molar-refractivity contribution >= 4 is 29.1 Å². The topological polar surface area (TPSA) is 50.2 Å². The maximum atomic E-state index is 13.1. The zero-order chi connectivity index (χ0) is 22.5. The fourth-order valence-corrected chi connectivity index (χ4v) is 4.55. The van der Waals surface area contributed by atoms with Gasteiger partial charge >= 0.3 is 0 Å². The number of nitrogens with zero attached hydrogens (tertiary/aromatic N) is 3. The number of aromatic nitrogens is 2. The van der Waals surface area contributed by atoms with E-state index in [2.05, 4.69) is 17.1 Å². The maximum absolute atomic E-state index is 13.1. The quantitative estimate of drug-likeness (QED) is 0.441. The van der Waals surface area contributed by atoms with E-state index in [4.69, 9.17) is 28.3 Å². The van der Waals surface area contributed by atoms with Crippen LogP contribution in [0.2, 0.25) is 10.0 Å². The van der Waals surface area contributed by atoms with Crippen molar-refractivity contribution in [2.45, 2.75) is 38.6 Å². The average Bonchev–Trinajstić information content (AvgIpc) is 3.24. The fourth-order valence-electron chi connectivity index (χ4n) is 4.19. The number of hydrogen-bond acceptors (Lipinski definition) is 3. The number of carbonyl (C=O) groups is 1. The van der Waals surface area contributed by atoms with Gasteiger partial charge < -0.3 is 10.2 Å².